The summed E-state index contributed by atoms with van der Waals surface area (Å²) in [5, 5.41) is 0.348. The molecule has 0 saturated heterocycles. The monoisotopic (exact) mass is 293 g/mol. The van der Waals surface area contributed by atoms with E-state index >= 15 is 0 Å². The summed E-state index contributed by atoms with van der Waals surface area (Å²) >= 11 is 5.87. The van der Waals surface area contributed by atoms with Gasteiger partial charge < -0.3 is 9.47 Å². The Morgan fingerprint density at radius 3 is 2.56 bits per heavy atom. The van der Waals surface area contributed by atoms with Crippen LogP contribution in [0, 0.1) is 6.92 Å². The van der Waals surface area contributed by atoms with Crippen molar-refractivity contribution < 1.29 is 17.9 Å². The number of hydrogen-bond acceptors (Lipinski definition) is 4. The normalized spacial score (nSPS) is 11.6. The van der Waals surface area contributed by atoms with E-state index in [1.807, 2.05) is 0 Å². The molecule has 0 heterocycles. The molecule has 7 heteroatoms. The summed E-state index contributed by atoms with van der Waals surface area (Å²) in [6, 6.07) is 3.01. The van der Waals surface area contributed by atoms with Crippen molar-refractivity contribution in [1.29, 1.82) is 0 Å². The van der Waals surface area contributed by atoms with Crippen LogP contribution < -0.4 is 9.46 Å². The highest BCUT2D eigenvalue weighted by Crippen LogP contribution is 2.30. The molecule has 5 nitrogen and oxygen atoms in total. The van der Waals surface area contributed by atoms with Crippen LogP contribution in [0.25, 0.3) is 0 Å². The molecule has 0 aromatic heterocycles. The topological polar surface area (TPSA) is 64.6 Å². The molecule has 0 aliphatic rings. The zero-order chi connectivity index (χ0) is 13.8. The zero-order valence-electron chi connectivity index (χ0n) is 10.5. The van der Waals surface area contributed by atoms with Crippen LogP contribution in [0.15, 0.2) is 17.0 Å². The minimum absolute atomic E-state index is 0.0334. The molecule has 18 heavy (non-hydrogen) atoms. The number of aryl methyl sites for hydroxylation is 1. The van der Waals surface area contributed by atoms with Gasteiger partial charge in [-0.05, 0) is 24.6 Å². The zero-order valence-corrected chi connectivity index (χ0v) is 12.1. The third kappa shape index (κ3) is 3.58. The summed E-state index contributed by atoms with van der Waals surface area (Å²) in [4.78, 5) is 0.0334. The predicted molar refractivity (Wildman–Crippen MR) is 69.8 cm³/mol. The number of methoxy groups -OCH3 is 2. The maximum absolute atomic E-state index is 12.1. The lowest BCUT2D eigenvalue weighted by Gasteiger charge is -2.13. The second-order valence-corrected chi connectivity index (χ2v) is 5.82. The van der Waals surface area contributed by atoms with Crippen molar-refractivity contribution in [1.82, 2.24) is 4.72 Å². The fourth-order valence-corrected chi connectivity index (χ4v) is 3.13. The van der Waals surface area contributed by atoms with Gasteiger partial charge in [0.25, 0.3) is 0 Å². The minimum atomic E-state index is -3.66. The first-order valence-electron chi connectivity index (χ1n) is 5.25. The predicted octanol–water partition coefficient (Wildman–Crippen LogP) is 1.58. The summed E-state index contributed by atoms with van der Waals surface area (Å²) in [5.74, 6) is 0.296. The van der Waals surface area contributed by atoms with E-state index in [4.69, 9.17) is 21.1 Å². The Labute approximate surface area is 112 Å². The molecule has 0 fully saturated rings. The van der Waals surface area contributed by atoms with Crippen LogP contribution in [0.2, 0.25) is 5.02 Å². The number of hydrogen-bond donors (Lipinski definition) is 1. The summed E-state index contributed by atoms with van der Waals surface area (Å²) < 4.78 is 36.5. The lowest BCUT2D eigenvalue weighted by molar-refractivity contribution is 0.204. The van der Waals surface area contributed by atoms with E-state index < -0.39 is 10.0 Å². The Kier molecular flexibility index (Phi) is 5.40. The standard InChI is InChI=1S/C11H16ClNO4S/c1-8-6-9(12)7-10(11(8)17-3)18(14,15)13-4-5-16-2/h6-7,13H,4-5H2,1-3H3. The van der Waals surface area contributed by atoms with Crippen LogP contribution in [0.1, 0.15) is 5.56 Å². The van der Waals surface area contributed by atoms with Gasteiger partial charge in [-0.25, -0.2) is 13.1 Å². The molecule has 0 aliphatic heterocycles. The molecule has 1 rings (SSSR count). The number of sulfonamides is 1. The highest BCUT2D eigenvalue weighted by molar-refractivity contribution is 7.89. The number of halogens is 1. The van der Waals surface area contributed by atoms with Gasteiger partial charge in [-0.2, -0.15) is 0 Å². The number of benzene rings is 1. The molecule has 0 radical (unpaired) electrons. The largest absolute Gasteiger partial charge is 0.495 e. The lowest BCUT2D eigenvalue weighted by atomic mass is 10.2. The summed E-state index contributed by atoms with van der Waals surface area (Å²) in [7, 11) is -0.740. The van der Waals surface area contributed by atoms with Crippen molar-refractivity contribution in [2.24, 2.45) is 0 Å². The number of ether oxygens (including phenoxy) is 2. The second-order valence-electron chi connectivity index (χ2n) is 3.64. The highest BCUT2D eigenvalue weighted by Gasteiger charge is 2.21. The van der Waals surface area contributed by atoms with Crippen LogP contribution in [0.3, 0.4) is 0 Å². The Morgan fingerprint density at radius 2 is 2.00 bits per heavy atom. The smallest absolute Gasteiger partial charge is 0.244 e. The number of nitrogens with one attached hydrogen (secondary N) is 1. The maximum atomic E-state index is 12.1. The Hall–Kier alpha value is -0.820. The average Bonchev–Trinajstić information content (AvgIpc) is 2.28. The van der Waals surface area contributed by atoms with Gasteiger partial charge >= 0.3 is 0 Å². The van der Waals surface area contributed by atoms with Gasteiger partial charge in [-0.15, -0.1) is 0 Å². The summed E-state index contributed by atoms with van der Waals surface area (Å²) in [6.45, 7) is 2.22. The SMILES string of the molecule is COCCNS(=O)(=O)c1cc(Cl)cc(C)c1OC. The molecule has 1 aromatic rings. The fourth-order valence-electron chi connectivity index (χ4n) is 1.52. The fraction of sp³-hybridized carbons (Fsp3) is 0.455. The summed E-state index contributed by atoms with van der Waals surface area (Å²) in [6.07, 6.45) is 0. The average molecular weight is 294 g/mol. The molecule has 1 aromatic carbocycles. The van der Waals surface area contributed by atoms with Crippen LogP contribution in [0.4, 0.5) is 0 Å². The molecular weight excluding hydrogens is 278 g/mol. The Morgan fingerprint density at radius 1 is 1.33 bits per heavy atom. The molecule has 0 bridgehead atoms. The molecule has 0 unspecified atom stereocenters. The van der Waals surface area contributed by atoms with Gasteiger partial charge in [0, 0.05) is 18.7 Å². The van der Waals surface area contributed by atoms with Crippen LogP contribution in [-0.4, -0.2) is 35.8 Å². The Bertz CT molecular complexity index is 516. The van der Waals surface area contributed by atoms with Crippen molar-refractivity contribution in [2.75, 3.05) is 27.4 Å². The van der Waals surface area contributed by atoms with Crippen LogP contribution >= 0.6 is 11.6 Å². The molecule has 102 valence electrons. The van der Waals surface area contributed by atoms with E-state index in [0.29, 0.717) is 22.9 Å². The van der Waals surface area contributed by atoms with Gasteiger partial charge in [0.05, 0.1) is 13.7 Å². The van der Waals surface area contributed by atoms with Crippen molar-refractivity contribution in [3.05, 3.63) is 22.7 Å². The van der Waals surface area contributed by atoms with E-state index in [2.05, 4.69) is 4.72 Å². The second kappa shape index (κ2) is 6.38. The van der Waals surface area contributed by atoms with Crippen molar-refractivity contribution in [3.8, 4) is 5.75 Å². The molecule has 0 spiro atoms. The molecule has 0 aliphatic carbocycles. The number of rotatable bonds is 6. The first kappa shape index (κ1) is 15.2. The molecule has 0 saturated carbocycles. The van der Waals surface area contributed by atoms with E-state index in [1.54, 1.807) is 13.0 Å². The summed E-state index contributed by atoms with van der Waals surface area (Å²) in [5.41, 5.74) is 0.664. The van der Waals surface area contributed by atoms with Crippen LogP contribution in [-0.2, 0) is 14.8 Å². The first-order valence-corrected chi connectivity index (χ1v) is 7.11. The van der Waals surface area contributed by atoms with Gasteiger partial charge in [0.15, 0.2) is 0 Å². The first-order chi connectivity index (χ1) is 8.42. The van der Waals surface area contributed by atoms with Gasteiger partial charge in [-0.3, -0.25) is 0 Å². The van der Waals surface area contributed by atoms with Crippen molar-refractivity contribution in [3.63, 3.8) is 0 Å². The molecule has 1 N–H and O–H groups in total. The molecular formula is C11H16ClNO4S. The van der Waals surface area contributed by atoms with Crippen LogP contribution in [0.5, 0.6) is 5.75 Å². The quantitative estimate of drug-likeness (QED) is 0.809. The maximum Gasteiger partial charge on any atom is 0.244 e. The lowest BCUT2D eigenvalue weighted by Crippen LogP contribution is -2.27. The Balaban J connectivity index is 3.14. The van der Waals surface area contributed by atoms with Crippen molar-refractivity contribution in [2.45, 2.75) is 11.8 Å². The van der Waals surface area contributed by atoms with E-state index in [9.17, 15) is 8.42 Å². The molecule has 0 atom stereocenters. The van der Waals surface area contributed by atoms with E-state index in [0.717, 1.165) is 0 Å². The van der Waals surface area contributed by atoms with E-state index in [1.165, 1.54) is 20.3 Å². The van der Waals surface area contributed by atoms with Gasteiger partial charge in [0.2, 0.25) is 10.0 Å². The van der Waals surface area contributed by atoms with Gasteiger partial charge in [-0.1, -0.05) is 11.6 Å². The van der Waals surface area contributed by atoms with Crippen molar-refractivity contribution >= 4 is 21.6 Å². The third-order valence-electron chi connectivity index (χ3n) is 2.30. The third-order valence-corrected chi connectivity index (χ3v) is 3.98. The highest BCUT2D eigenvalue weighted by atomic mass is 35.5. The minimum Gasteiger partial charge on any atom is -0.495 e. The molecule has 0 amide bonds. The van der Waals surface area contributed by atoms with E-state index in [-0.39, 0.29) is 11.4 Å². The van der Waals surface area contributed by atoms with Gasteiger partial charge in [0.1, 0.15) is 10.6 Å².